The highest BCUT2D eigenvalue weighted by molar-refractivity contribution is 6.30. The van der Waals surface area contributed by atoms with E-state index in [-0.39, 0.29) is 0 Å². The molecule has 1 aromatic carbocycles. The summed E-state index contributed by atoms with van der Waals surface area (Å²) in [4.78, 5) is 10.8. The molecule has 2 rings (SSSR count). The van der Waals surface area contributed by atoms with Crippen LogP contribution in [0.25, 0.3) is 0 Å². The minimum absolute atomic E-state index is 0.516. The number of benzene rings is 1. The summed E-state index contributed by atoms with van der Waals surface area (Å²) >= 11 is 5.85. The largest absolute Gasteiger partial charge is 0.338 e. The van der Waals surface area contributed by atoms with Crippen LogP contribution in [-0.4, -0.2) is 16.1 Å². The van der Waals surface area contributed by atoms with Gasteiger partial charge in [-0.2, -0.15) is 5.10 Å². The van der Waals surface area contributed by atoms with Gasteiger partial charge in [0, 0.05) is 24.0 Å². The van der Waals surface area contributed by atoms with E-state index in [1.54, 1.807) is 30.1 Å². The summed E-state index contributed by atoms with van der Waals surface area (Å²) in [5.74, 6) is 0.528. The van der Waals surface area contributed by atoms with Gasteiger partial charge in [0.15, 0.2) is 12.1 Å². The van der Waals surface area contributed by atoms with Crippen molar-refractivity contribution in [2.24, 2.45) is 7.05 Å². The monoisotopic (exact) mass is 235 g/mol. The SMILES string of the molecule is Cn1cc(C=O)c(Nc2cccc(Cl)c2)n1. The molecular weight excluding hydrogens is 226 g/mol. The van der Waals surface area contributed by atoms with Gasteiger partial charge in [-0.25, -0.2) is 0 Å². The van der Waals surface area contributed by atoms with Crippen molar-refractivity contribution < 1.29 is 4.79 Å². The molecule has 0 aliphatic carbocycles. The van der Waals surface area contributed by atoms with Crippen LogP contribution in [-0.2, 0) is 7.05 Å². The average molecular weight is 236 g/mol. The second-order valence-electron chi connectivity index (χ2n) is 3.36. The van der Waals surface area contributed by atoms with Gasteiger partial charge in [-0.05, 0) is 18.2 Å². The van der Waals surface area contributed by atoms with Crippen LogP contribution >= 0.6 is 11.6 Å². The lowest BCUT2D eigenvalue weighted by atomic mass is 10.3. The van der Waals surface area contributed by atoms with E-state index in [1.807, 2.05) is 12.1 Å². The number of anilines is 2. The van der Waals surface area contributed by atoms with Gasteiger partial charge in [-0.3, -0.25) is 9.48 Å². The van der Waals surface area contributed by atoms with Crippen molar-refractivity contribution in [2.75, 3.05) is 5.32 Å². The number of nitrogens with one attached hydrogen (secondary N) is 1. The molecule has 1 N–H and O–H groups in total. The highest BCUT2D eigenvalue weighted by Crippen LogP contribution is 2.20. The lowest BCUT2D eigenvalue weighted by molar-refractivity contribution is 0.112. The minimum Gasteiger partial charge on any atom is -0.338 e. The Bertz CT molecular complexity index is 522. The zero-order valence-electron chi connectivity index (χ0n) is 8.64. The van der Waals surface area contributed by atoms with E-state index < -0.39 is 0 Å². The number of aldehydes is 1. The molecule has 2 aromatic rings. The van der Waals surface area contributed by atoms with Gasteiger partial charge < -0.3 is 5.32 Å². The number of aromatic nitrogens is 2. The smallest absolute Gasteiger partial charge is 0.163 e. The average Bonchev–Trinajstić information content (AvgIpc) is 2.59. The van der Waals surface area contributed by atoms with Gasteiger partial charge in [0.1, 0.15) is 0 Å². The van der Waals surface area contributed by atoms with Crippen molar-refractivity contribution in [3.8, 4) is 0 Å². The highest BCUT2D eigenvalue weighted by Gasteiger charge is 2.06. The number of rotatable bonds is 3. The molecular formula is C11H10ClN3O. The fraction of sp³-hybridized carbons (Fsp3) is 0.0909. The van der Waals surface area contributed by atoms with E-state index >= 15 is 0 Å². The van der Waals surface area contributed by atoms with Crippen LogP contribution in [0.4, 0.5) is 11.5 Å². The Balaban J connectivity index is 2.29. The summed E-state index contributed by atoms with van der Waals surface area (Å²) < 4.78 is 1.58. The van der Waals surface area contributed by atoms with Crippen molar-refractivity contribution >= 4 is 29.4 Å². The summed E-state index contributed by atoms with van der Waals surface area (Å²) in [7, 11) is 1.76. The lowest BCUT2D eigenvalue weighted by Crippen LogP contribution is -1.95. The van der Waals surface area contributed by atoms with E-state index in [9.17, 15) is 4.79 Å². The number of halogens is 1. The van der Waals surface area contributed by atoms with Gasteiger partial charge >= 0.3 is 0 Å². The quantitative estimate of drug-likeness (QED) is 0.832. The van der Waals surface area contributed by atoms with Gasteiger partial charge in [0.25, 0.3) is 0 Å². The van der Waals surface area contributed by atoms with Crippen LogP contribution in [0.2, 0.25) is 5.02 Å². The van der Waals surface area contributed by atoms with Crippen molar-refractivity contribution in [3.63, 3.8) is 0 Å². The Morgan fingerprint density at radius 1 is 1.50 bits per heavy atom. The molecule has 0 fully saturated rings. The minimum atomic E-state index is 0.516. The molecule has 1 aromatic heterocycles. The number of aryl methyl sites for hydroxylation is 1. The standard InChI is InChI=1S/C11H10ClN3O/c1-15-6-8(7-16)11(14-15)13-10-4-2-3-9(12)5-10/h2-7H,1H3,(H,13,14). The molecule has 0 amide bonds. The van der Waals surface area contributed by atoms with Crippen LogP contribution in [0.1, 0.15) is 10.4 Å². The van der Waals surface area contributed by atoms with Crippen molar-refractivity contribution in [1.82, 2.24) is 9.78 Å². The maximum Gasteiger partial charge on any atom is 0.163 e. The fourth-order valence-corrected chi connectivity index (χ4v) is 1.58. The molecule has 0 atom stereocenters. The molecule has 82 valence electrons. The summed E-state index contributed by atoms with van der Waals surface area (Å²) in [5.41, 5.74) is 1.32. The van der Waals surface area contributed by atoms with E-state index in [2.05, 4.69) is 10.4 Å². The number of carbonyl (C=O) groups excluding carboxylic acids is 1. The predicted molar refractivity (Wildman–Crippen MR) is 63.3 cm³/mol. The Morgan fingerprint density at radius 3 is 3.00 bits per heavy atom. The molecule has 5 heteroatoms. The first-order valence-electron chi connectivity index (χ1n) is 4.70. The predicted octanol–water partition coefficient (Wildman–Crippen LogP) is 2.63. The zero-order chi connectivity index (χ0) is 11.5. The van der Waals surface area contributed by atoms with E-state index in [0.717, 1.165) is 12.0 Å². The Kier molecular flexibility index (Phi) is 2.92. The number of nitrogens with zero attached hydrogens (tertiary/aromatic N) is 2. The summed E-state index contributed by atoms with van der Waals surface area (Å²) in [6.07, 6.45) is 2.42. The lowest BCUT2D eigenvalue weighted by Gasteiger charge is -2.03. The molecule has 0 aliphatic rings. The highest BCUT2D eigenvalue weighted by atomic mass is 35.5. The molecule has 0 aliphatic heterocycles. The van der Waals surface area contributed by atoms with E-state index in [4.69, 9.17) is 11.6 Å². The molecule has 4 nitrogen and oxygen atoms in total. The van der Waals surface area contributed by atoms with Gasteiger partial charge in [-0.15, -0.1) is 0 Å². The van der Waals surface area contributed by atoms with Crippen molar-refractivity contribution in [2.45, 2.75) is 0 Å². The number of carbonyl (C=O) groups is 1. The summed E-state index contributed by atoms with van der Waals surface area (Å²) in [6, 6.07) is 7.24. The molecule has 0 spiro atoms. The van der Waals surface area contributed by atoms with Crippen molar-refractivity contribution in [1.29, 1.82) is 0 Å². The molecule has 0 bridgehead atoms. The molecule has 0 unspecified atom stereocenters. The van der Waals surface area contributed by atoms with Crippen molar-refractivity contribution in [3.05, 3.63) is 41.0 Å². The molecule has 16 heavy (non-hydrogen) atoms. The van der Waals surface area contributed by atoms with E-state index in [1.165, 1.54) is 0 Å². The first-order chi connectivity index (χ1) is 7.69. The first-order valence-corrected chi connectivity index (χ1v) is 5.08. The maximum atomic E-state index is 10.8. The Hall–Kier alpha value is -1.81. The van der Waals surface area contributed by atoms with Crippen LogP contribution in [0.5, 0.6) is 0 Å². The molecule has 0 radical (unpaired) electrons. The van der Waals surface area contributed by atoms with Crippen LogP contribution in [0, 0.1) is 0 Å². The molecule has 0 saturated heterocycles. The molecule has 0 saturated carbocycles. The topological polar surface area (TPSA) is 46.9 Å². The second-order valence-corrected chi connectivity index (χ2v) is 3.80. The number of hydrogen-bond acceptors (Lipinski definition) is 3. The first kappa shape index (κ1) is 10.7. The third kappa shape index (κ3) is 2.23. The zero-order valence-corrected chi connectivity index (χ0v) is 9.40. The fourth-order valence-electron chi connectivity index (χ4n) is 1.39. The Labute approximate surface area is 97.8 Å². The Morgan fingerprint density at radius 2 is 2.31 bits per heavy atom. The van der Waals surface area contributed by atoms with Crippen LogP contribution in [0.3, 0.4) is 0 Å². The normalized spacial score (nSPS) is 10.1. The number of hydrogen-bond donors (Lipinski definition) is 1. The van der Waals surface area contributed by atoms with E-state index in [0.29, 0.717) is 16.4 Å². The summed E-state index contributed by atoms with van der Waals surface area (Å²) in [6.45, 7) is 0. The van der Waals surface area contributed by atoms with Crippen LogP contribution < -0.4 is 5.32 Å². The third-order valence-corrected chi connectivity index (χ3v) is 2.31. The van der Waals surface area contributed by atoms with Gasteiger partial charge in [0.05, 0.1) is 5.56 Å². The maximum absolute atomic E-state index is 10.8. The second kappa shape index (κ2) is 4.37. The van der Waals surface area contributed by atoms with Gasteiger partial charge in [-0.1, -0.05) is 17.7 Å². The van der Waals surface area contributed by atoms with Gasteiger partial charge in [0.2, 0.25) is 0 Å². The summed E-state index contributed by atoms with van der Waals surface area (Å²) in [5, 5.41) is 7.81. The molecule has 1 heterocycles. The third-order valence-electron chi connectivity index (χ3n) is 2.07. The van der Waals surface area contributed by atoms with Crippen LogP contribution in [0.15, 0.2) is 30.5 Å².